The van der Waals surface area contributed by atoms with Crippen molar-refractivity contribution in [2.75, 3.05) is 0 Å². The van der Waals surface area contributed by atoms with Crippen LogP contribution < -0.4 is 0 Å². The van der Waals surface area contributed by atoms with Gasteiger partial charge in [-0.3, -0.25) is 0 Å². The summed E-state index contributed by atoms with van der Waals surface area (Å²) < 4.78 is 0. The van der Waals surface area contributed by atoms with Crippen LogP contribution in [0.5, 0.6) is 0 Å². The molecule has 1 aromatic heterocycles. The number of aromatic nitrogens is 2. The van der Waals surface area contributed by atoms with Gasteiger partial charge >= 0.3 is 0 Å². The number of benzene rings is 2. The fourth-order valence-electron chi connectivity index (χ4n) is 6.66. The smallest absolute Gasteiger partial charge is 0.110 e. The van der Waals surface area contributed by atoms with Crippen molar-refractivity contribution in [2.45, 2.75) is 82.5 Å². The van der Waals surface area contributed by atoms with E-state index in [-0.39, 0.29) is 0 Å². The zero-order chi connectivity index (χ0) is 18.7. The van der Waals surface area contributed by atoms with Crippen LogP contribution in [0.4, 0.5) is 0 Å². The Morgan fingerprint density at radius 3 is 2.61 bits per heavy atom. The molecule has 2 aromatic carbocycles. The first kappa shape index (κ1) is 16.8. The lowest BCUT2D eigenvalue weighted by atomic mass is 9.77. The van der Waals surface area contributed by atoms with Crippen LogP contribution in [0.2, 0.25) is 0 Å². The number of hydrogen-bond acceptors (Lipinski definition) is 1. The lowest BCUT2D eigenvalue weighted by Crippen LogP contribution is -2.19. The molecule has 1 spiro atoms. The maximum atomic E-state index is 5.01. The summed E-state index contributed by atoms with van der Waals surface area (Å²) in [5.41, 5.74) is 10.5. The van der Waals surface area contributed by atoms with Crippen molar-refractivity contribution in [3.05, 3.63) is 52.8 Å². The SMILES string of the molecule is Cc1ccc(-c2ccc3[nH]c(C4CCCC4)nc3c2)c2c1C1(CCCC1)CC2. The van der Waals surface area contributed by atoms with Crippen molar-refractivity contribution in [3.8, 4) is 11.1 Å². The number of aromatic amines is 1. The molecule has 2 heteroatoms. The Morgan fingerprint density at radius 2 is 1.79 bits per heavy atom. The number of H-pyrrole nitrogens is 1. The van der Waals surface area contributed by atoms with Gasteiger partial charge in [0.05, 0.1) is 11.0 Å². The third-order valence-electron chi connectivity index (χ3n) is 8.02. The topological polar surface area (TPSA) is 28.7 Å². The molecule has 0 unspecified atom stereocenters. The molecule has 0 bridgehead atoms. The van der Waals surface area contributed by atoms with Gasteiger partial charge in [-0.25, -0.2) is 4.98 Å². The molecule has 0 amide bonds. The molecule has 1 heterocycles. The molecular formula is C26H30N2. The van der Waals surface area contributed by atoms with Crippen molar-refractivity contribution in [1.82, 2.24) is 9.97 Å². The summed E-state index contributed by atoms with van der Waals surface area (Å²) in [5.74, 6) is 1.85. The highest BCUT2D eigenvalue weighted by atomic mass is 14.9. The van der Waals surface area contributed by atoms with E-state index in [1.54, 1.807) is 11.1 Å². The predicted molar refractivity (Wildman–Crippen MR) is 116 cm³/mol. The fraction of sp³-hybridized carbons (Fsp3) is 0.500. The molecule has 3 aliphatic carbocycles. The standard InChI is InChI=1S/C26H30N2/c1-17-8-10-20(21-12-15-26(24(17)21)13-4-5-14-26)19-9-11-22-23(16-19)28-25(27-22)18-6-2-3-7-18/h8-11,16,18H,2-7,12-15H2,1H3,(H,27,28). The Hall–Kier alpha value is -2.09. The average molecular weight is 371 g/mol. The van der Waals surface area contributed by atoms with E-state index < -0.39 is 0 Å². The summed E-state index contributed by atoms with van der Waals surface area (Å²) in [6.07, 6.45) is 13.5. The summed E-state index contributed by atoms with van der Waals surface area (Å²) in [4.78, 5) is 8.61. The van der Waals surface area contributed by atoms with Gasteiger partial charge in [0.2, 0.25) is 0 Å². The second kappa shape index (κ2) is 6.20. The van der Waals surface area contributed by atoms with Crippen LogP contribution in [-0.2, 0) is 11.8 Å². The van der Waals surface area contributed by atoms with Crippen molar-refractivity contribution in [3.63, 3.8) is 0 Å². The maximum Gasteiger partial charge on any atom is 0.110 e. The first-order valence-electron chi connectivity index (χ1n) is 11.4. The molecule has 0 saturated heterocycles. The van der Waals surface area contributed by atoms with Crippen LogP contribution >= 0.6 is 0 Å². The maximum absolute atomic E-state index is 5.01. The first-order chi connectivity index (χ1) is 13.7. The fourth-order valence-corrected chi connectivity index (χ4v) is 6.66. The molecule has 2 fully saturated rings. The molecule has 2 nitrogen and oxygen atoms in total. The first-order valence-corrected chi connectivity index (χ1v) is 11.4. The van der Waals surface area contributed by atoms with Gasteiger partial charge < -0.3 is 4.98 Å². The summed E-state index contributed by atoms with van der Waals surface area (Å²) >= 11 is 0. The molecule has 0 aliphatic heterocycles. The van der Waals surface area contributed by atoms with Gasteiger partial charge in [-0.05, 0) is 90.8 Å². The molecule has 0 radical (unpaired) electrons. The van der Waals surface area contributed by atoms with Gasteiger partial charge in [0.25, 0.3) is 0 Å². The van der Waals surface area contributed by atoms with Crippen LogP contribution in [0.1, 0.15) is 86.2 Å². The number of fused-ring (bicyclic) bond motifs is 3. The normalized spacial score (nSPS) is 21.2. The van der Waals surface area contributed by atoms with E-state index in [2.05, 4.69) is 42.2 Å². The van der Waals surface area contributed by atoms with E-state index in [9.17, 15) is 0 Å². The second-order valence-electron chi connectivity index (χ2n) is 9.61. The molecular weight excluding hydrogens is 340 g/mol. The zero-order valence-corrected chi connectivity index (χ0v) is 17.0. The van der Waals surface area contributed by atoms with E-state index in [1.165, 1.54) is 92.2 Å². The van der Waals surface area contributed by atoms with Gasteiger partial charge in [0, 0.05) is 5.92 Å². The quantitative estimate of drug-likeness (QED) is 0.519. The second-order valence-corrected chi connectivity index (χ2v) is 9.61. The lowest BCUT2D eigenvalue weighted by molar-refractivity contribution is 0.437. The van der Waals surface area contributed by atoms with Crippen LogP contribution in [0.3, 0.4) is 0 Å². The third kappa shape index (κ3) is 2.43. The van der Waals surface area contributed by atoms with E-state index in [0.29, 0.717) is 11.3 Å². The minimum Gasteiger partial charge on any atom is -0.342 e. The highest BCUT2D eigenvalue weighted by Gasteiger charge is 2.42. The van der Waals surface area contributed by atoms with Crippen molar-refractivity contribution < 1.29 is 0 Å². The van der Waals surface area contributed by atoms with E-state index in [4.69, 9.17) is 4.98 Å². The van der Waals surface area contributed by atoms with Crippen LogP contribution in [-0.4, -0.2) is 9.97 Å². The molecule has 3 aromatic rings. The Kier molecular flexibility index (Phi) is 3.73. The largest absolute Gasteiger partial charge is 0.342 e. The number of aryl methyl sites for hydroxylation is 1. The summed E-state index contributed by atoms with van der Waals surface area (Å²) in [6, 6.07) is 11.6. The number of nitrogens with one attached hydrogen (secondary N) is 1. The Bertz CT molecular complexity index is 1050. The van der Waals surface area contributed by atoms with Gasteiger partial charge in [-0.2, -0.15) is 0 Å². The van der Waals surface area contributed by atoms with Crippen LogP contribution in [0.25, 0.3) is 22.2 Å². The van der Waals surface area contributed by atoms with Crippen LogP contribution in [0.15, 0.2) is 30.3 Å². The van der Waals surface area contributed by atoms with Gasteiger partial charge in [-0.15, -0.1) is 0 Å². The van der Waals surface area contributed by atoms with E-state index in [1.807, 2.05) is 0 Å². The highest BCUT2D eigenvalue weighted by Crippen LogP contribution is 2.53. The summed E-state index contributed by atoms with van der Waals surface area (Å²) in [7, 11) is 0. The number of imidazole rings is 1. The minimum absolute atomic E-state index is 0.488. The van der Waals surface area contributed by atoms with Crippen molar-refractivity contribution in [2.24, 2.45) is 0 Å². The van der Waals surface area contributed by atoms with E-state index in [0.717, 1.165) is 5.52 Å². The highest BCUT2D eigenvalue weighted by molar-refractivity contribution is 5.83. The predicted octanol–water partition coefficient (Wildman–Crippen LogP) is 6.95. The average Bonchev–Trinajstić information content (AvgIpc) is 3.50. The summed E-state index contributed by atoms with van der Waals surface area (Å²) in [5, 5.41) is 0. The van der Waals surface area contributed by atoms with Gasteiger partial charge in [0.15, 0.2) is 0 Å². The van der Waals surface area contributed by atoms with Gasteiger partial charge in [-0.1, -0.05) is 43.9 Å². The molecule has 0 atom stereocenters. The Balaban J connectivity index is 1.45. The lowest BCUT2D eigenvalue weighted by Gasteiger charge is -2.26. The number of nitrogens with zero attached hydrogens (tertiary/aromatic N) is 1. The van der Waals surface area contributed by atoms with Crippen LogP contribution in [0, 0.1) is 6.92 Å². The molecule has 6 rings (SSSR count). The Labute approximate surface area is 167 Å². The third-order valence-corrected chi connectivity index (χ3v) is 8.02. The molecule has 1 N–H and O–H groups in total. The van der Waals surface area contributed by atoms with Crippen molar-refractivity contribution >= 4 is 11.0 Å². The number of rotatable bonds is 2. The summed E-state index contributed by atoms with van der Waals surface area (Å²) in [6.45, 7) is 2.33. The molecule has 2 saturated carbocycles. The molecule has 144 valence electrons. The molecule has 3 aliphatic rings. The molecule has 28 heavy (non-hydrogen) atoms. The van der Waals surface area contributed by atoms with Crippen molar-refractivity contribution in [1.29, 1.82) is 0 Å². The monoisotopic (exact) mass is 370 g/mol. The minimum atomic E-state index is 0.488. The van der Waals surface area contributed by atoms with E-state index >= 15 is 0 Å². The Morgan fingerprint density at radius 1 is 0.964 bits per heavy atom. The number of hydrogen-bond donors (Lipinski definition) is 1. The zero-order valence-electron chi connectivity index (χ0n) is 17.0. The van der Waals surface area contributed by atoms with Gasteiger partial charge in [0.1, 0.15) is 5.82 Å².